The van der Waals surface area contributed by atoms with Crippen LogP contribution >= 0.6 is 0 Å². The lowest BCUT2D eigenvalue weighted by molar-refractivity contribution is -0.119. The molecule has 0 N–H and O–H groups in total. The Balaban J connectivity index is 1.59. The molecule has 0 saturated heterocycles. The second-order valence-electron chi connectivity index (χ2n) is 7.20. The summed E-state index contributed by atoms with van der Waals surface area (Å²) in [6.07, 6.45) is 10.2. The van der Waals surface area contributed by atoms with Gasteiger partial charge in [-0.15, -0.1) is 0 Å². The van der Waals surface area contributed by atoms with Gasteiger partial charge in [0.2, 0.25) is 0 Å². The fourth-order valence-corrected chi connectivity index (χ4v) is 3.69. The molecule has 0 aliphatic heterocycles. The van der Waals surface area contributed by atoms with Crippen LogP contribution in [-0.4, -0.2) is 5.78 Å². The van der Waals surface area contributed by atoms with Crippen LogP contribution in [0.2, 0.25) is 0 Å². The fourth-order valence-electron chi connectivity index (χ4n) is 3.69. The van der Waals surface area contributed by atoms with Crippen molar-refractivity contribution < 1.29 is 4.79 Å². The molecule has 0 fully saturated rings. The lowest BCUT2D eigenvalue weighted by Gasteiger charge is -2.08. The van der Waals surface area contributed by atoms with Crippen molar-refractivity contribution in [2.24, 2.45) is 0 Å². The molecule has 140 valence electrons. The van der Waals surface area contributed by atoms with Gasteiger partial charge in [0.15, 0.2) is 0 Å². The molecule has 26 heavy (non-hydrogen) atoms. The van der Waals surface area contributed by atoms with E-state index in [1.165, 1.54) is 22.3 Å². The highest BCUT2D eigenvalue weighted by Gasteiger charge is 2.05. The van der Waals surface area contributed by atoms with E-state index in [-0.39, 0.29) is 0 Å². The highest BCUT2D eigenvalue weighted by atomic mass is 16.1. The molecule has 0 unspecified atom stereocenters. The molecule has 0 amide bonds. The maximum Gasteiger partial charge on any atom is 0.132 e. The van der Waals surface area contributed by atoms with Gasteiger partial charge in [0, 0.05) is 12.8 Å². The largest absolute Gasteiger partial charge is 0.300 e. The first kappa shape index (κ1) is 20.4. The summed E-state index contributed by atoms with van der Waals surface area (Å²) in [5.74, 6) is 0.442. The quantitative estimate of drug-likeness (QED) is 0.399. The van der Waals surface area contributed by atoms with Gasteiger partial charge in [-0.2, -0.15) is 0 Å². The molecule has 2 aromatic carbocycles. The molecule has 0 saturated carbocycles. The summed E-state index contributed by atoms with van der Waals surface area (Å²) in [5, 5.41) is 0. The van der Waals surface area contributed by atoms with E-state index in [1.807, 2.05) is 0 Å². The van der Waals surface area contributed by atoms with Crippen molar-refractivity contribution in [2.75, 3.05) is 0 Å². The van der Waals surface area contributed by atoms with Gasteiger partial charge in [-0.3, -0.25) is 4.79 Å². The number of carbonyl (C=O) groups is 1. The molecular formula is C25H34O. The van der Waals surface area contributed by atoms with Gasteiger partial charge in [0.25, 0.3) is 0 Å². The van der Waals surface area contributed by atoms with Gasteiger partial charge in [-0.05, 0) is 73.6 Å². The molecule has 1 nitrogen and oxygen atoms in total. The Morgan fingerprint density at radius 2 is 1.00 bits per heavy atom. The molecule has 0 spiro atoms. The number of hydrogen-bond donors (Lipinski definition) is 0. The smallest absolute Gasteiger partial charge is 0.132 e. The van der Waals surface area contributed by atoms with Gasteiger partial charge in [0.05, 0.1) is 0 Å². The van der Waals surface area contributed by atoms with Crippen LogP contribution in [0.4, 0.5) is 0 Å². The number of ketones is 1. The number of hydrogen-bond acceptors (Lipinski definition) is 1. The minimum Gasteiger partial charge on any atom is -0.300 e. The van der Waals surface area contributed by atoms with Gasteiger partial charge in [-0.25, -0.2) is 0 Å². The Morgan fingerprint density at radius 1 is 0.615 bits per heavy atom. The Bertz CT molecular complexity index is 614. The molecule has 1 heteroatoms. The topological polar surface area (TPSA) is 17.1 Å². The molecule has 0 aliphatic carbocycles. The van der Waals surface area contributed by atoms with E-state index in [0.717, 1.165) is 64.2 Å². The number of benzene rings is 2. The molecule has 0 atom stereocenters. The molecule has 0 heterocycles. The molecule has 0 aliphatic rings. The molecule has 0 aromatic heterocycles. The third kappa shape index (κ3) is 6.78. The number of carbonyl (C=O) groups excluding carboxylic acids is 1. The van der Waals surface area contributed by atoms with Gasteiger partial charge in [-0.1, -0.05) is 62.4 Å². The summed E-state index contributed by atoms with van der Waals surface area (Å²) in [6, 6.07) is 17.4. The van der Waals surface area contributed by atoms with Crippen molar-refractivity contribution >= 4 is 5.78 Å². The molecule has 2 aromatic rings. The van der Waals surface area contributed by atoms with Gasteiger partial charge < -0.3 is 0 Å². The predicted octanol–water partition coefficient (Wildman–Crippen LogP) is 6.51. The Morgan fingerprint density at radius 3 is 1.38 bits per heavy atom. The lowest BCUT2D eigenvalue weighted by atomic mass is 9.97. The van der Waals surface area contributed by atoms with Gasteiger partial charge >= 0.3 is 0 Å². The Kier molecular flexibility index (Phi) is 9.17. The summed E-state index contributed by atoms with van der Waals surface area (Å²) in [7, 11) is 0. The van der Waals surface area contributed by atoms with Crippen LogP contribution in [0.3, 0.4) is 0 Å². The number of rotatable bonds is 12. The highest BCUT2D eigenvalue weighted by Crippen LogP contribution is 2.16. The maximum absolute atomic E-state index is 12.1. The normalized spacial score (nSPS) is 10.8. The molecule has 2 rings (SSSR count). The number of Topliss-reactive ketones (excluding diaryl/α,β-unsaturated/α-hetero) is 1. The van der Waals surface area contributed by atoms with Crippen LogP contribution in [-0.2, 0) is 30.5 Å². The van der Waals surface area contributed by atoms with Crippen LogP contribution in [0.1, 0.15) is 74.6 Å². The van der Waals surface area contributed by atoms with E-state index in [2.05, 4.69) is 62.4 Å². The summed E-state index contributed by atoms with van der Waals surface area (Å²) in [6.45, 7) is 4.42. The van der Waals surface area contributed by atoms with Crippen molar-refractivity contribution in [3.63, 3.8) is 0 Å². The second kappa shape index (κ2) is 11.7. The zero-order valence-electron chi connectivity index (χ0n) is 16.6. The first-order chi connectivity index (χ1) is 12.7. The van der Waals surface area contributed by atoms with E-state index in [9.17, 15) is 4.79 Å². The van der Waals surface area contributed by atoms with Crippen molar-refractivity contribution in [3.05, 3.63) is 70.8 Å². The maximum atomic E-state index is 12.1. The zero-order valence-corrected chi connectivity index (χ0v) is 16.6. The van der Waals surface area contributed by atoms with E-state index in [0.29, 0.717) is 5.78 Å². The van der Waals surface area contributed by atoms with Crippen molar-refractivity contribution in [1.82, 2.24) is 0 Å². The monoisotopic (exact) mass is 350 g/mol. The average Bonchev–Trinajstić information content (AvgIpc) is 2.69. The van der Waals surface area contributed by atoms with Gasteiger partial charge in [0.1, 0.15) is 5.78 Å². The standard InChI is InChI=1S/C25H34O/c1-3-21-13-5-7-15-23(21)17-9-11-19-25(26)20-12-10-18-24-16-8-6-14-22(24)4-2/h5-8,13-16H,3-4,9-12,17-20H2,1-2H3. The van der Waals surface area contributed by atoms with Crippen molar-refractivity contribution in [2.45, 2.75) is 78.1 Å². The summed E-state index contributed by atoms with van der Waals surface area (Å²) >= 11 is 0. The first-order valence-electron chi connectivity index (χ1n) is 10.4. The lowest BCUT2D eigenvalue weighted by Crippen LogP contribution is -2.00. The van der Waals surface area contributed by atoms with Crippen molar-refractivity contribution in [3.8, 4) is 0 Å². The third-order valence-corrected chi connectivity index (χ3v) is 5.30. The second-order valence-corrected chi connectivity index (χ2v) is 7.20. The van der Waals surface area contributed by atoms with Crippen LogP contribution in [0.25, 0.3) is 0 Å². The molecule has 0 bridgehead atoms. The average molecular weight is 351 g/mol. The minimum absolute atomic E-state index is 0.442. The van der Waals surface area contributed by atoms with Crippen LogP contribution < -0.4 is 0 Å². The highest BCUT2D eigenvalue weighted by molar-refractivity contribution is 5.78. The predicted molar refractivity (Wildman–Crippen MR) is 112 cm³/mol. The Labute approximate surface area is 159 Å². The summed E-state index contributed by atoms with van der Waals surface area (Å²) in [5.41, 5.74) is 5.81. The van der Waals surface area contributed by atoms with Crippen molar-refractivity contribution in [1.29, 1.82) is 0 Å². The number of unbranched alkanes of at least 4 members (excludes halogenated alkanes) is 2. The molecule has 0 radical (unpaired) electrons. The molecular weight excluding hydrogens is 316 g/mol. The summed E-state index contributed by atoms with van der Waals surface area (Å²) in [4.78, 5) is 12.1. The van der Waals surface area contributed by atoms with Crippen LogP contribution in [0.5, 0.6) is 0 Å². The van der Waals surface area contributed by atoms with Crippen LogP contribution in [0.15, 0.2) is 48.5 Å². The van der Waals surface area contributed by atoms with E-state index in [1.54, 1.807) is 0 Å². The van der Waals surface area contributed by atoms with E-state index in [4.69, 9.17) is 0 Å². The first-order valence-corrected chi connectivity index (χ1v) is 10.4. The minimum atomic E-state index is 0.442. The van der Waals surface area contributed by atoms with E-state index < -0.39 is 0 Å². The SMILES string of the molecule is CCc1ccccc1CCCCC(=O)CCCCc1ccccc1CC. The Hall–Kier alpha value is -1.89. The van der Waals surface area contributed by atoms with Crippen LogP contribution in [0, 0.1) is 0 Å². The third-order valence-electron chi connectivity index (χ3n) is 5.30. The zero-order chi connectivity index (χ0) is 18.6. The number of aryl methyl sites for hydroxylation is 4. The van der Waals surface area contributed by atoms with E-state index >= 15 is 0 Å². The summed E-state index contributed by atoms with van der Waals surface area (Å²) < 4.78 is 0. The fraction of sp³-hybridized carbons (Fsp3) is 0.480.